The lowest BCUT2D eigenvalue weighted by Gasteiger charge is -2.28. The quantitative estimate of drug-likeness (QED) is 0.244. The summed E-state index contributed by atoms with van der Waals surface area (Å²) in [6.07, 6.45) is 5.88. The summed E-state index contributed by atoms with van der Waals surface area (Å²) in [5.41, 5.74) is 14.4. The third-order valence-corrected chi connectivity index (χ3v) is 4.56. The molecule has 1 aliphatic heterocycles. The van der Waals surface area contributed by atoms with Gasteiger partial charge in [0.1, 0.15) is 5.69 Å². The Morgan fingerprint density at radius 3 is 2.62 bits per heavy atom. The Hall–Kier alpha value is -1.39. The number of anilines is 2. The first kappa shape index (κ1) is 27.6. The first-order valence-corrected chi connectivity index (χ1v) is 9.22. The Morgan fingerprint density at radius 1 is 1.14 bits per heavy atom. The van der Waals surface area contributed by atoms with Crippen molar-refractivity contribution in [1.29, 1.82) is 0 Å². The molecular weight excluding hydrogens is 479 g/mol. The second-order valence-electron chi connectivity index (χ2n) is 6.52. The average Bonchev–Trinajstić information content (AvgIpc) is 3.04. The van der Waals surface area contributed by atoms with Crippen LogP contribution >= 0.6 is 0 Å². The van der Waals surface area contributed by atoms with Crippen LogP contribution in [0.2, 0.25) is 0 Å². The zero-order chi connectivity index (χ0) is 18.4. The Morgan fingerprint density at radius 2 is 1.90 bits per heavy atom. The van der Waals surface area contributed by atoms with Crippen LogP contribution in [0.1, 0.15) is 12.8 Å². The molecular formula is C18H29BrCl2N8-2. The van der Waals surface area contributed by atoms with Crippen LogP contribution in [0.3, 0.4) is 0 Å². The van der Waals surface area contributed by atoms with Crippen LogP contribution in [0.25, 0.3) is 0 Å². The number of rotatable bonds is 8. The van der Waals surface area contributed by atoms with Crippen LogP contribution in [-0.2, 0) is 13.1 Å². The molecule has 0 aliphatic carbocycles. The molecule has 0 saturated carbocycles. The normalized spacial score (nSPS) is 12.4. The maximum absolute atomic E-state index is 5.65. The molecule has 164 valence electrons. The second kappa shape index (κ2) is 13.8. The molecule has 1 aliphatic rings. The largest absolute Gasteiger partial charge is 1.00 e. The molecule has 29 heavy (non-hydrogen) atoms. The number of hydrogen-bond acceptors (Lipinski definition) is 6. The molecule has 8 nitrogen and oxygen atoms in total. The molecule has 5 N–H and O–H groups in total. The maximum atomic E-state index is 5.65. The first-order chi connectivity index (χ1) is 12.7. The van der Waals surface area contributed by atoms with Crippen LogP contribution in [0.15, 0.2) is 40.8 Å². The number of hydrogen-bond donors (Lipinski definition) is 3. The molecule has 0 spiro atoms. The smallest absolute Gasteiger partial charge is 0.421 e. The van der Waals surface area contributed by atoms with Crippen molar-refractivity contribution >= 4 is 23.0 Å². The fourth-order valence-corrected chi connectivity index (χ4v) is 3.09. The van der Waals surface area contributed by atoms with Gasteiger partial charge in [0.25, 0.3) is 0 Å². The lowest BCUT2D eigenvalue weighted by Crippen LogP contribution is -3.00. The Balaban J connectivity index is 0.00000261. The van der Waals surface area contributed by atoms with E-state index in [0.717, 1.165) is 56.3 Å². The molecule has 2 heterocycles. The highest BCUT2D eigenvalue weighted by molar-refractivity contribution is 5.75. The van der Waals surface area contributed by atoms with Gasteiger partial charge in [-0.15, -0.1) is 0 Å². The van der Waals surface area contributed by atoms with Crippen molar-refractivity contribution in [2.75, 3.05) is 43.4 Å². The highest BCUT2D eigenvalue weighted by Gasteiger charge is 2.17. The van der Waals surface area contributed by atoms with Gasteiger partial charge in [-0.25, -0.2) is 9.13 Å². The molecule has 1 aromatic carbocycles. The van der Waals surface area contributed by atoms with Crippen molar-refractivity contribution in [3.8, 4) is 0 Å². The predicted molar refractivity (Wildman–Crippen MR) is 104 cm³/mol. The minimum Gasteiger partial charge on any atom is -1.00 e. The van der Waals surface area contributed by atoms with Crippen molar-refractivity contribution in [2.24, 2.45) is 21.7 Å². The van der Waals surface area contributed by atoms with Gasteiger partial charge in [0.2, 0.25) is 0 Å². The number of benzene rings is 1. The van der Waals surface area contributed by atoms with E-state index in [1.54, 1.807) is 0 Å². The number of imidazole rings is 1. The van der Waals surface area contributed by atoms with Gasteiger partial charge in [-0.1, -0.05) is 5.11 Å². The van der Waals surface area contributed by atoms with E-state index >= 15 is 0 Å². The summed E-state index contributed by atoms with van der Waals surface area (Å²) in [7, 11) is 2.10. The van der Waals surface area contributed by atoms with Crippen molar-refractivity contribution in [2.45, 2.75) is 25.9 Å². The van der Waals surface area contributed by atoms with Gasteiger partial charge in [0.05, 0.1) is 36.9 Å². The summed E-state index contributed by atoms with van der Waals surface area (Å²) in [6.45, 7) is 4.91. The monoisotopic (exact) mass is 506 g/mol. The van der Waals surface area contributed by atoms with Crippen molar-refractivity contribution in [1.82, 2.24) is 4.57 Å². The third-order valence-electron chi connectivity index (χ3n) is 4.56. The van der Waals surface area contributed by atoms with E-state index in [1.165, 1.54) is 5.69 Å². The van der Waals surface area contributed by atoms with Crippen LogP contribution in [-0.4, -0.2) is 37.8 Å². The molecule has 0 amide bonds. The summed E-state index contributed by atoms with van der Waals surface area (Å²) < 4.78 is 4.19. The van der Waals surface area contributed by atoms with E-state index in [9.17, 15) is 0 Å². The van der Waals surface area contributed by atoms with Gasteiger partial charge in [0, 0.05) is 25.3 Å². The number of azo groups is 1. The highest BCUT2D eigenvalue weighted by atomic mass is 79.9. The van der Waals surface area contributed by atoms with Crippen LogP contribution in [0.5, 0.6) is 0 Å². The van der Waals surface area contributed by atoms with Crippen molar-refractivity contribution < 1.29 is 46.4 Å². The molecule has 0 fully saturated rings. The zero-order valence-corrected chi connectivity index (χ0v) is 19.7. The molecule has 0 unspecified atom stereocenters. The number of halogens is 3. The van der Waals surface area contributed by atoms with E-state index in [4.69, 9.17) is 11.5 Å². The molecule has 0 atom stereocenters. The topological polar surface area (TPSA) is 101 Å². The fourth-order valence-electron chi connectivity index (χ4n) is 3.09. The summed E-state index contributed by atoms with van der Waals surface area (Å²) in [5.74, 6) is 0.828. The molecule has 2 aromatic rings. The fraction of sp³-hybridized carbons (Fsp3) is 0.500. The van der Waals surface area contributed by atoms with Gasteiger partial charge < -0.3 is 63.5 Å². The SMILES string of the molecule is CN1CCNc2cc(N=Nc3n(CCCN)cc[n+]3CCCN)ccc21.[Br-].[Cl-].[Cl-]. The average molecular weight is 508 g/mol. The number of likely N-dealkylation sites (N-methyl/N-ethyl adjacent to an activating group) is 1. The van der Waals surface area contributed by atoms with Crippen molar-refractivity contribution in [3.63, 3.8) is 0 Å². The van der Waals surface area contributed by atoms with E-state index in [1.807, 2.05) is 24.5 Å². The minimum atomic E-state index is 0. The molecule has 11 heteroatoms. The molecule has 0 bridgehead atoms. The Bertz CT molecular complexity index is 743. The number of aryl methyl sites for hydroxylation is 2. The lowest BCUT2D eigenvalue weighted by molar-refractivity contribution is -0.683. The number of nitrogens with zero attached hydrogens (tertiary/aromatic N) is 5. The molecule has 0 saturated heterocycles. The van der Waals surface area contributed by atoms with Gasteiger partial charge in [-0.2, -0.15) is 0 Å². The van der Waals surface area contributed by atoms with Gasteiger partial charge in [-0.05, 0) is 44.1 Å². The summed E-state index contributed by atoms with van der Waals surface area (Å²) >= 11 is 0. The predicted octanol–water partition coefficient (Wildman–Crippen LogP) is -7.24. The molecule has 0 radical (unpaired) electrons. The number of nitrogens with one attached hydrogen (secondary N) is 1. The van der Waals surface area contributed by atoms with Gasteiger partial charge in [0.15, 0.2) is 0 Å². The third kappa shape index (κ3) is 7.11. The van der Waals surface area contributed by atoms with Crippen LogP contribution in [0, 0.1) is 0 Å². The summed E-state index contributed by atoms with van der Waals surface area (Å²) in [4.78, 5) is 2.24. The standard InChI is InChI=1S/C18H29N8.BrH.2ClH/c1-24-11-8-21-16-14-15(4-5-17(16)24)22-23-18-25(9-2-6-19)12-13-26(18)10-3-7-20;;;/h4-5,12-14,21H,2-3,6-11,19-20H2,1H3;3*1H/q+1;;;/p-3. The Kier molecular flexibility index (Phi) is 13.1. The van der Waals surface area contributed by atoms with Crippen LogP contribution in [0.4, 0.5) is 23.0 Å². The van der Waals surface area contributed by atoms with E-state index in [-0.39, 0.29) is 41.8 Å². The zero-order valence-electron chi connectivity index (χ0n) is 16.6. The maximum Gasteiger partial charge on any atom is 0.421 e. The number of aromatic nitrogens is 2. The van der Waals surface area contributed by atoms with Gasteiger partial charge >= 0.3 is 5.95 Å². The van der Waals surface area contributed by atoms with E-state index < -0.39 is 0 Å². The highest BCUT2D eigenvalue weighted by Crippen LogP contribution is 2.32. The van der Waals surface area contributed by atoms with Gasteiger partial charge in [-0.3, -0.25) is 0 Å². The lowest BCUT2D eigenvalue weighted by atomic mass is 10.2. The van der Waals surface area contributed by atoms with E-state index in [0.29, 0.717) is 13.1 Å². The van der Waals surface area contributed by atoms with E-state index in [2.05, 4.69) is 42.7 Å². The molecule has 1 aromatic heterocycles. The number of nitrogens with two attached hydrogens (primary N) is 2. The second-order valence-corrected chi connectivity index (χ2v) is 6.52. The number of fused-ring (bicyclic) bond motifs is 1. The Labute approximate surface area is 195 Å². The molecule has 3 rings (SSSR count). The minimum absolute atomic E-state index is 0. The summed E-state index contributed by atoms with van der Waals surface area (Å²) in [5, 5.41) is 12.4. The van der Waals surface area contributed by atoms with Crippen LogP contribution < -0.4 is 68.0 Å². The van der Waals surface area contributed by atoms with Crippen molar-refractivity contribution in [3.05, 3.63) is 30.6 Å². The first-order valence-electron chi connectivity index (χ1n) is 9.22. The summed E-state index contributed by atoms with van der Waals surface area (Å²) in [6, 6.07) is 6.14.